The molecule has 0 saturated heterocycles. The summed E-state index contributed by atoms with van der Waals surface area (Å²) in [7, 11) is 0. The van der Waals surface area contributed by atoms with E-state index < -0.39 is 0 Å². The number of allylic oxidation sites excluding steroid dienone is 5. The summed E-state index contributed by atoms with van der Waals surface area (Å²) in [4.78, 5) is 0. The summed E-state index contributed by atoms with van der Waals surface area (Å²) in [6.07, 6.45) is 2.18. The average Bonchev–Trinajstić information content (AvgIpc) is 2.12. The van der Waals surface area contributed by atoms with Gasteiger partial charge in [0.25, 0.3) is 0 Å². The first kappa shape index (κ1) is 12.2. The Bertz CT molecular complexity index is 251. The quantitative estimate of drug-likeness (QED) is 0.441. The van der Waals surface area contributed by atoms with Gasteiger partial charge in [0.1, 0.15) is 0 Å². The first-order valence-electron chi connectivity index (χ1n) is 4.87. The zero-order valence-corrected chi connectivity index (χ0v) is 9.86. The van der Waals surface area contributed by atoms with Crippen LogP contribution in [0.15, 0.2) is 34.9 Å². The van der Waals surface area contributed by atoms with Gasteiger partial charge in [0.15, 0.2) is 0 Å². The molecule has 0 aliphatic heterocycles. The van der Waals surface area contributed by atoms with Crippen molar-refractivity contribution in [2.24, 2.45) is 5.92 Å². The summed E-state index contributed by atoms with van der Waals surface area (Å²) < 4.78 is 0. The molecule has 74 valence electrons. The highest BCUT2D eigenvalue weighted by Gasteiger charge is 2.08. The number of hydrogen-bond acceptors (Lipinski definition) is 0. The maximum Gasteiger partial charge on any atom is -0.00213 e. The summed E-state index contributed by atoms with van der Waals surface area (Å²) in [5, 5.41) is 0. The molecule has 13 heavy (non-hydrogen) atoms. The zero-order valence-electron chi connectivity index (χ0n) is 9.86. The van der Waals surface area contributed by atoms with Crippen LogP contribution in [0.1, 0.15) is 41.5 Å². The largest absolute Gasteiger partial charge is 0.0959 e. The fourth-order valence-corrected chi connectivity index (χ4v) is 1.25. The minimum absolute atomic E-state index is 0.543. The molecule has 0 rings (SSSR count). The van der Waals surface area contributed by atoms with Gasteiger partial charge in [0.05, 0.1) is 0 Å². The van der Waals surface area contributed by atoms with Gasteiger partial charge in [-0.2, -0.15) is 0 Å². The maximum absolute atomic E-state index is 3.97. The van der Waals surface area contributed by atoms with Crippen LogP contribution in [0.5, 0.6) is 0 Å². The lowest BCUT2D eigenvalue weighted by Gasteiger charge is -2.16. The van der Waals surface area contributed by atoms with Crippen LogP contribution in [-0.4, -0.2) is 0 Å². The molecule has 0 nitrogen and oxygen atoms in total. The van der Waals surface area contributed by atoms with Gasteiger partial charge in [-0.1, -0.05) is 36.3 Å². The van der Waals surface area contributed by atoms with Crippen LogP contribution in [0.4, 0.5) is 0 Å². The monoisotopic (exact) mass is 178 g/mol. The fourth-order valence-electron chi connectivity index (χ4n) is 1.25. The van der Waals surface area contributed by atoms with Crippen molar-refractivity contribution in [3.63, 3.8) is 0 Å². The molecule has 0 aromatic carbocycles. The second-order valence-corrected chi connectivity index (χ2v) is 3.84. The summed E-state index contributed by atoms with van der Waals surface area (Å²) >= 11 is 0. The molecule has 0 amide bonds. The van der Waals surface area contributed by atoms with E-state index in [1.807, 2.05) is 0 Å². The predicted molar refractivity (Wildman–Crippen MR) is 61.8 cm³/mol. The standard InChI is InChI=1S/C13H22/c1-8-10(4)12(6)13(7)11(5)9(2)3/h8,12H,2H2,1,3-7H3. The summed E-state index contributed by atoms with van der Waals surface area (Å²) in [5.41, 5.74) is 5.38. The van der Waals surface area contributed by atoms with E-state index in [-0.39, 0.29) is 0 Å². The molecule has 0 aliphatic rings. The Morgan fingerprint density at radius 3 is 1.92 bits per heavy atom. The Hall–Kier alpha value is -0.780. The Morgan fingerprint density at radius 2 is 1.62 bits per heavy atom. The Morgan fingerprint density at radius 1 is 1.15 bits per heavy atom. The van der Waals surface area contributed by atoms with Crippen molar-refractivity contribution in [2.45, 2.75) is 41.5 Å². The smallest absolute Gasteiger partial charge is 0.00213 e. The van der Waals surface area contributed by atoms with Gasteiger partial charge in [-0.05, 0) is 46.1 Å². The molecule has 0 aromatic heterocycles. The molecule has 0 bridgehead atoms. The van der Waals surface area contributed by atoms with Crippen LogP contribution in [0, 0.1) is 5.92 Å². The van der Waals surface area contributed by atoms with Crippen LogP contribution in [0.2, 0.25) is 0 Å². The molecule has 0 aromatic rings. The highest BCUT2D eigenvalue weighted by molar-refractivity contribution is 5.32. The van der Waals surface area contributed by atoms with Crippen LogP contribution in [0.3, 0.4) is 0 Å². The fraction of sp³-hybridized carbons (Fsp3) is 0.538. The van der Waals surface area contributed by atoms with Gasteiger partial charge in [-0.25, -0.2) is 0 Å². The molecule has 0 heteroatoms. The second-order valence-electron chi connectivity index (χ2n) is 3.84. The van der Waals surface area contributed by atoms with Crippen molar-refractivity contribution >= 4 is 0 Å². The Labute approximate surface area is 83.0 Å². The van der Waals surface area contributed by atoms with Crippen molar-refractivity contribution in [1.82, 2.24) is 0 Å². The SMILES string of the molecule is C=C(C)C(C)=C(C)C(C)C(C)=CC. The zero-order chi connectivity index (χ0) is 10.6. The normalized spacial score (nSPS) is 16.6. The van der Waals surface area contributed by atoms with E-state index >= 15 is 0 Å². The van der Waals surface area contributed by atoms with Gasteiger partial charge in [-0.3, -0.25) is 0 Å². The van der Waals surface area contributed by atoms with Gasteiger partial charge >= 0.3 is 0 Å². The van der Waals surface area contributed by atoms with Crippen LogP contribution < -0.4 is 0 Å². The number of rotatable bonds is 3. The van der Waals surface area contributed by atoms with Gasteiger partial charge in [0.2, 0.25) is 0 Å². The minimum atomic E-state index is 0.543. The summed E-state index contributed by atoms with van der Waals surface area (Å²) in [6, 6.07) is 0. The van der Waals surface area contributed by atoms with Crippen molar-refractivity contribution in [1.29, 1.82) is 0 Å². The molecular formula is C13H22. The molecule has 0 heterocycles. The third-order valence-corrected chi connectivity index (χ3v) is 3.02. The van der Waals surface area contributed by atoms with Gasteiger partial charge < -0.3 is 0 Å². The first-order valence-corrected chi connectivity index (χ1v) is 4.87. The van der Waals surface area contributed by atoms with Crippen LogP contribution >= 0.6 is 0 Å². The van der Waals surface area contributed by atoms with Crippen molar-refractivity contribution in [3.05, 3.63) is 34.9 Å². The highest BCUT2D eigenvalue weighted by atomic mass is 14.1. The molecule has 0 N–H and O–H groups in total. The van der Waals surface area contributed by atoms with Crippen molar-refractivity contribution < 1.29 is 0 Å². The maximum atomic E-state index is 3.97. The van der Waals surface area contributed by atoms with E-state index in [0.717, 1.165) is 0 Å². The third-order valence-electron chi connectivity index (χ3n) is 3.02. The molecule has 0 spiro atoms. The molecule has 0 saturated carbocycles. The lowest BCUT2D eigenvalue weighted by Crippen LogP contribution is -2.01. The molecule has 0 aliphatic carbocycles. The van der Waals surface area contributed by atoms with E-state index in [4.69, 9.17) is 0 Å². The first-order chi connectivity index (χ1) is 5.91. The van der Waals surface area contributed by atoms with E-state index in [1.54, 1.807) is 0 Å². The topological polar surface area (TPSA) is 0 Å². The van der Waals surface area contributed by atoms with E-state index in [2.05, 4.69) is 54.2 Å². The van der Waals surface area contributed by atoms with Gasteiger partial charge in [0, 0.05) is 0 Å². The minimum Gasteiger partial charge on any atom is -0.0959 e. The third kappa shape index (κ3) is 3.22. The van der Waals surface area contributed by atoms with Crippen molar-refractivity contribution in [3.8, 4) is 0 Å². The molecule has 1 atom stereocenters. The van der Waals surface area contributed by atoms with E-state index in [1.165, 1.54) is 22.3 Å². The van der Waals surface area contributed by atoms with E-state index in [9.17, 15) is 0 Å². The Balaban J connectivity index is 4.88. The van der Waals surface area contributed by atoms with Crippen molar-refractivity contribution in [2.75, 3.05) is 0 Å². The number of hydrogen-bond donors (Lipinski definition) is 0. The second kappa shape index (κ2) is 5.06. The highest BCUT2D eigenvalue weighted by Crippen LogP contribution is 2.24. The molecule has 0 radical (unpaired) electrons. The average molecular weight is 178 g/mol. The molecular weight excluding hydrogens is 156 g/mol. The van der Waals surface area contributed by atoms with Crippen LogP contribution in [0.25, 0.3) is 0 Å². The molecule has 0 fully saturated rings. The summed E-state index contributed by atoms with van der Waals surface area (Å²) in [5.74, 6) is 0.543. The lowest BCUT2D eigenvalue weighted by molar-refractivity contribution is 0.786. The molecule has 1 unspecified atom stereocenters. The predicted octanol–water partition coefficient (Wildman–Crippen LogP) is 4.50. The van der Waals surface area contributed by atoms with E-state index in [0.29, 0.717) is 5.92 Å². The van der Waals surface area contributed by atoms with Crippen LogP contribution in [-0.2, 0) is 0 Å². The summed E-state index contributed by atoms with van der Waals surface area (Å²) in [6.45, 7) is 16.9. The Kier molecular flexibility index (Phi) is 4.76. The lowest BCUT2D eigenvalue weighted by atomic mass is 9.89. The van der Waals surface area contributed by atoms with Gasteiger partial charge in [-0.15, -0.1) is 0 Å².